The van der Waals surface area contributed by atoms with E-state index >= 15 is 0 Å². The minimum atomic E-state index is 0.661. The third-order valence-electron chi connectivity index (χ3n) is 2.74. The third kappa shape index (κ3) is 1.91. The van der Waals surface area contributed by atoms with E-state index in [4.69, 9.17) is 4.74 Å². The van der Waals surface area contributed by atoms with E-state index in [1.807, 2.05) is 18.2 Å². The van der Waals surface area contributed by atoms with Gasteiger partial charge in [0.1, 0.15) is 16.3 Å². The maximum Gasteiger partial charge on any atom is 0.165 e. The molecule has 0 amide bonds. The summed E-state index contributed by atoms with van der Waals surface area (Å²) >= 11 is 1.69. The van der Waals surface area contributed by atoms with Crippen molar-refractivity contribution >= 4 is 22.5 Å². The van der Waals surface area contributed by atoms with Gasteiger partial charge in [0.25, 0.3) is 0 Å². The maximum atomic E-state index is 5.14. The molecule has 0 aliphatic carbocycles. The topological polar surface area (TPSA) is 39.9 Å². The van der Waals surface area contributed by atoms with E-state index in [0.717, 1.165) is 28.4 Å². The number of nitrogens with zero attached hydrogens (tertiary/aromatic N) is 3. The molecule has 0 aromatic carbocycles. The standard InChI is InChI=1S/C13H13N3OS/c1-17-8-6-11-15-10-4-2-7-14-13(10)16(11)12-5-3-9-18-12/h2-5,7,9H,6,8H2,1H3. The van der Waals surface area contributed by atoms with Crippen molar-refractivity contribution in [2.75, 3.05) is 13.7 Å². The fraction of sp³-hybridized carbons (Fsp3) is 0.231. The lowest BCUT2D eigenvalue weighted by molar-refractivity contribution is 0.200. The molecule has 0 bridgehead atoms. The predicted molar refractivity (Wildman–Crippen MR) is 72.3 cm³/mol. The fourth-order valence-corrected chi connectivity index (χ4v) is 2.70. The third-order valence-corrected chi connectivity index (χ3v) is 3.60. The molecule has 0 saturated heterocycles. The molecule has 18 heavy (non-hydrogen) atoms. The van der Waals surface area contributed by atoms with Crippen LogP contribution in [0.4, 0.5) is 0 Å². The van der Waals surface area contributed by atoms with Gasteiger partial charge in [-0.15, -0.1) is 11.3 Å². The maximum absolute atomic E-state index is 5.14. The molecule has 0 saturated carbocycles. The highest BCUT2D eigenvalue weighted by molar-refractivity contribution is 7.12. The van der Waals surface area contributed by atoms with Gasteiger partial charge in [-0.1, -0.05) is 0 Å². The molecule has 0 aliphatic rings. The Bertz CT molecular complexity index is 645. The molecular weight excluding hydrogens is 246 g/mol. The largest absolute Gasteiger partial charge is 0.384 e. The van der Waals surface area contributed by atoms with Gasteiger partial charge >= 0.3 is 0 Å². The molecule has 5 heteroatoms. The molecule has 0 unspecified atom stereocenters. The SMILES string of the molecule is COCCc1nc2cccnc2n1-c1cccs1. The Hall–Kier alpha value is -1.72. The van der Waals surface area contributed by atoms with Crippen molar-refractivity contribution in [3.63, 3.8) is 0 Å². The Balaban J connectivity index is 2.18. The molecular formula is C13H13N3OS. The molecule has 4 nitrogen and oxygen atoms in total. The second-order valence-corrected chi connectivity index (χ2v) is 4.83. The van der Waals surface area contributed by atoms with Crippen LogP contribution in [0.3, 0.4) is 0 Å². The molecule has 0 spiro atoms. The van der Waals surface area contributed by atoms with Gasteiger partial charge in [0.2, 0.25) is 0 Å². The number of ether oxygens (including phenoxy) is 1. The molecule has 3 aromatic rings. The van der Waals surface area contributed by atoms with E-state index in [1.54, 1.807) is 24.6 Å². The first-order valence-corrected chi connectivity index (χ1v) is 6.63. The van der Waals surface area contributed by atoms with E-state index in [-0.39, 0.29) is 0 Å². The molecule has 92 valence electrons. The summed E-state index contributed by atoms with van der Waals surface area (Å²) in [6, 6.07) is 8.02. The Labute approximate surface area is 109 Å². The monoisotopic (exact) mass is 259 g/mol. The Morgan fingerprint density at radius 2 is 2.28 bits per heavy atom. The summed E-state index contributed by atoms with van der Waals surface area (Å²) in [7, 11) is 1.70. The second-order valence-electron chi connectivity index (χ2n) is 3.90. The zero-order valence-corrected chi connectivity index (χ0v) is 10.9. The second kappa shape index (κ2) is 4.88. The van der Waals surface area contributed by atoms with Gasteiger partial charge in [-0.25, -0.2) is 9.97 Å². The number of imidazole rings is 1. The van der Waals surface area contributed by atoms with Gasteiger partial charge in [-0.3, -0.25) is 4.57 Å². The van der Waals surface area contributed by atoms with Crippen LogP contribution in [0.1, 0.15) is 5.82 Å². The number of thiophene rings is 1. The van der Waals surface area contributed by atoms with Crippen LogP contribution >= 0.6 is 11.3 Å². The number of pyridine rings is 1. The summed E-state index contributed by atoms with van der Waals surface area (Å²) in [6.07, 6.45) is 2.58. The van der Waals surface area contributed by atoms with Crippen LogP contribution < -0.4 is 0 Å². The van der Waals surface area contributed by atoms with Crippen LogP contribution in [0.25, 0.3) is 16.2 Å². The molecule has 3 rings (SSSR count). The molecule has 3 heterocycles. The first-order chi connectivity index (χ1) is 8.90. The van der Waals surface area contributed by atoms with Crippen molar-refractivity contribution in [2.45, 2.75) is 6.42 Å². The van der Waals surface area contributed by atoms with Crippen molar-refractivity contribution in [1.29, 1.82) is 0 Å². The Morgan fingerprint density at radius 3 is 3.06 bits per heavy atom. The lowest BCUT2D eigenvalue weighted by Crippen LogP contribution is -2.04. The molecule has 0 fully saturated rings. The lowest BCUT2D eigenvalue weighted by atomic mass is 10.4. The normalized spacial score (nSPS) is 11.2. The van der Waals surface area contributed by atoms with Crippen LogP contribution in [0.5, 0.6) is 0 Å². The highest BCUT2D eigenvalue weighted by Crippen LogP contribution is 2.23. The Morgan fingerprint density at radius 1 is 1.33 bits per heavy atom. The van der Waals surface area contributed by atoms with Crippen LogP contribution in [-0.2, 0) is 11.2 Å². The van der Waals surface area contributed by atoms with Gasteiger partial charge in [0.15, 0.2) is 5.65 Å². The van der Waals surface area contributed by atoms with Crippen molar-refractivity contribution in [1.82, 2.24) is 14.5 Å². The van der Waals surface area contributed by atoms with E-state index in [2.05, 4.69) is 26.0 Å². The van der Waals surface area contributed by atoms with E-state index in [9.17, 15) is 0 Å². The summed E-state index contributed by atoms with van der Waals surface area (Å²) in [5.41, 5.74) is 1.84. The molecule has 3 aromatic heterocycles. The Kier molecular flexibility index (Phi) is 3.08. The molecule has 0 aliphatic heterocycles. The summed E-state index contributed by atoms with van der Waals surface area (Å²) in [5, 5.41) is 3.20. The van der Waals surface area contributed by atoms with Crippen molar-refractivity contribution in [2.24, 2.45) is 0 Å². The average molecular weight is 259 g/mol. The van der Waals surface area contributed by atoms with Crippen molar-refractivity contribution < 1.29 is 4.74 Å². The van der Waals surface area contributed by atoms with Crippen molar-refractivity contribution in [3.8, 4) is 5.00 Å². The van der Waals surface area contributed by atoms with Gasteiger partial charge < -0.3 is 4.74 Å². The van der Waals surface area contributed by atoms with E-state index in [0.29, 0.717) is 6.61 Å². The summed E-state index contributed by atoms with van der Waals surface area (Å²) in [4.78, 5) is 9.07. The zero-order valence-electron chi connectivity index (χ0n) is 10.0. The number of rotatable bonds is 4. The van der Waals surface area contributed by atoms with E-state index < -0.39 is 0 Å². The molecule has 0 atom stereocenters. The van der Waals surface area contributed by atoms with Gasteiger partial charge in [-0.05, 0) is 29.6 Å². The van der Waals surface area contributed by atoms with Crippen LogP contribution in [-0.4, -0.2) is 28.3 Å². The number of aromatic nitrogens is 3. The number of fused-ring (bicyclic) bond motifs is 1. The minimum Gasteiger partial charge on any atom is -0.384 e. The number of hydrogen-bond donors (Lipinski definition) is 0. The first-order valence-electron chi connectivity index (χ1n) is 5.75. The highest BCUT2D eigenvalue weighted by Gasteiger charge is 2.13. The van der Waals surface area contributed by atoms with E-state index in [1.165, 1.54) is 0 Å². The zero-order chi connectivity index (χ0) is 12.4. The first kappa shape index (κ1) is 11.4. The quantitative estimate of drug-likeness (QED) is 0.723. The van der Waals surface area contributed by atoms with Crippen LogP contribution in [0, 0.1) is 0 Å². The van der Waals surface area contributed by atoms with Gasteiger partial charge in [0.05, 0.1) is 6.61 Å². The highest BCUT2D eigenvalue weighted by atomic mass is 32.1. The summed E-state index contributed by atoms with van der Waals surface area (Å²) in [6.45, 7) is 0.661. The van der Waals surface area contributed by atoms with Gasteiger partial charge in [0, 0.05) is 19.7 Å². The fourth-order valence-electron chi connectivity index (χ4n) is 1.95. The number of methoxy groups -OCH3 is 1. The van der Waals surface area contributed by atoms with Crippen molar-refractivity contribution in [3.05, 3.63) is 41.7 Å². The van der Waals surface area contributed by atoms with Crippen LogP contribution in [0.2, 0.25) is 0 Å². The smallest absolute Gasteiger partial charge is 0.165 e. The predicted octanol–water partition coefficient (Wildman–Crippen LogP) is 2.67. The summed E-state index contributed by atoms with van der Waals surface area (Å²) < 4.78 is 7.25. The average Bonchev–Trinajstić information content (AvgIpc) is 3.02. The lowest BCUT2D eigenvalue weighted by Gasteiger charge is -2.05. The van der Waals surface area contributed by atoms with Gasteiger partial charge in [-0.2, -0.15) is 0 Å². The minimum absolute atomic E-state index is 0.661. The number of hydrogen-bond acceptors (Lipinski definition) is 4. The molecule has 0 N–H and O–H groups in total. The van der Waals surface area contributed by atoms with Crippen LogP contribution in [0.15, 0.2) is 35.8 Å². The summed E-state index contributed by atoms with van der Waals surface area (Å²) in [5.74, 6) is 0.994. The molecule has 0 radical (unpaired) electrons.